The lowest BCUT2D eigenvalue weighted by Gasteiger charge is -2.16. The molecule has 0 bridgehead atoms. The smallest absolute Gasteiger partial charge is 0.305 e. The predicted molar refractivity (Wildman–Crippen MR) is 66.7 cm³/mol. The summed E-state index contributed by atoms with van der Waals surface area (Å²) in [6, 6.07) is -0.709. The molecule has 0 aliphatic carbocycles. The molecule has 0 unspecified atom stereocenters. The first-order chi connectivity index (χ1) is 7.91. The summed E-state index contributed by atoms with van der Waals surface area (Å²) in [5.74, 6) is -1.25. The van der Waals surface area contributed by atoms with Crippen molar-refractivity contribution in [2.75, 3.05) is 27.2 Å². The first-order valence-corrected chi connectivity index (χ1v) is 5.81. The number of carboxylic acids is 1. The number of carbonyl (C=O) groups excluding carboxylic acids is 1. The highest BCUT2D eigenvalue weighted by molar-refractivity contribution is 7.80. The molecular formula is C10H17N3O3S. The topological polar surface area (TPSA) is 72.9 Å². The second kappa shape index (κ2) is 5.92. The van der Waals surface area contributed by atoms with Gasteiger partial charge in [-0.2, -0.15) is 0 Å². The van der Waals surface area contributed by atoms with E-state index in [4.69, 9.17) is 17.3 Å². The highest BCUT2D eigenvalue weighted by Crippen LogP contribution is 2.10. The molecule has 6 nitrogen and oxygen atoms in total. The lowest BCUT2D eigenvalue weighted by molar-refractivity contribution is -0.140. The SMILES string of the molecule is CN(C)CCCN1C(=O)[C@H](CC(=O)O)NC1=S. The number of hydrogen-bond acceptors (Lipinski definition) is 4. The number of carboxylic acid groups (broad SMARTS) is 1. The van der Waals surface area contributed by atoms with E-state index in [1.807, 2.05) is 19.0 Å². The van der Waals surface area contributed by atoms with Crippen molar-refractivity contribution in [2.24, 2.45) is 0 Å². The van der Waals surface area contributed by atoms with Crippen LogP contribution in [0.25, 0.3) is 0 Å². The Morgan fingerprint density at radius 1 is 1.59 bits per heavy atom. The van der Waals surface area contributed by atoms with Gasteiger partial charge in [0, 0.05) is 6.54 Å². The zero-order valence-corrected chi connectivity index (χ0v) is 10.8. The van der Waals surface area contributed by atoms with Crippen LogP contribution >= 0.6 is 12.2 Å². The average Bonchev–Trinajstić information content (AvgIpc) is 2.44. The van der Waals surface area contributed by atoms with Gasteiger partial charge in [0.2, 0.25) is 0 Å². The fraction of sp³-hybridized carbons (Fsp3) is 0.700. The molecule has 1 heterocycles. The molecule has 1 aliphatic rings. The molecule has 1 aliphatic heterocycles. The van der Waals surface area contributed by atoms with E-state index in [0.29, 0.717) is 11.7 Å². The molecule has 2 N–H and O–H groups in total. The number of aliphatic carboxylic acids is 1. The quantitative estimate of drug-likeness (QED) is 0.626. The monoisotopic (exact) mass is 259 g/mol. The molecule has 1 amide bonds. The van der Waals surface area contributed by atoms with Crippen LogP contribution in [0.4, 0.5) is 0 Å². The molecule has 0 aromatic rings. The summed E-state index contributed by atoms with van der Waals surface area (Å²) >= 11 is 5.01. The number of rotatable bonds is 6. The third kappa shape index (κ3) is 3.94. The highest BCUT2D eigenvalue weighted by atomic mass is 32.1. The van der Waals surface area contributed by atoms with Gasteiger partial charge in [-0.05, 0) is 39.3 Å². The van der Waals surface area contributed by atoms with Crippen molar-refractivity contribution < 1.29 is 14.7 Å². The summed E-state index contributed by atoms with van der Waals surface area (Å²) in [6.45, 7) is 1.38. The number of amides is 1. The minimum Gasteiger partial charge on any atom is -0.481 e. The van der Waals surface area contributed by atoms with E-state index in [1.54, 1.807) is 0 Å². The van der Waals surface area contributed by atoms with Crippen LogP contribution in [-0.4, -0.2) is 65.1 Å². The Hall–Kier alpha value is -1.21. The molecule has 0 spiro atoms. The molecule has 17 heavy (non-hydrogen) atoms. The normalized spacial score (nSPS) is 19.9. The van der Waals surface area contributed by atoms with Crippen LogP contribution in [0.1, 0.15) is 12.8 Å². The van der Waals surface area contributed by atoms with E-state index < -0.39 is 12.0 Å². The van der Waals surface area contributed by atoms with Gasteiger partial charge in [0.15, 0.2) is 5.11 Å². The third-order valence-corrected chi connectivity index (χ3v) is 2.81. The van der Waals surface area contributed by atoms with Crippen molar-refractivity contribution >= 4 is 29.2 Å². The number of hydrogen-bond donors (Lipinski definition) is 2. The van der Waals surface area contributed by atoms with E-state index in [0.717, 1.165) is 13.0 Å². The Kier molecular flexibility index (Phi) is 4.83. The fourth-order valence-corrected chi connectivity index (χ4v) is 1.97. The minimum absolute atomic E-state index is 0.233. The van der Waals surface area contributed by atoms with E-state index in [1.165, 1.54) is 4.90 Å². The van der Waals surface area contributed by atoms with Crippen molar-refractivity contribution in [1.82, 2.24) is 15.1 Å². The summed E-state index contributed by atoms with van der Waals surface area (Å²) < 4.78 is 0. The first-order valence-electron chi connectivity index (χ1n) is 5.40. The standard InChI is InChI=1S/C10H17N3O3S/c1-12(2)4-3-5-13-9(16)7(6-8(14)15)11-10(13)17/h7H,3-6H2,1-2H3,(H,11,17)(H,14,15)/t7-/m0/s1. The maximum atomic E-state index is 11.8. The predicted octanol–water partition coefficient (Wildman–Crippen LogP) is -0.502. The van der Waals surface area contributed by atoms with Crippen molar-refractivity contribution in [3.63, 3.8) is 0 Å². The van der Waals surface area contributed by atoms with Crippen molar-refractivity contribution in [3.8, 4) is 0 Å². The largest absolute Gasteiger partial charge is 0.481 e. The summed E-state index contributed by atoms with van der Waals surface area (Å²) in [5.41, 5.74) is 0. The Balaban J connectivity index is 2.48. The van der Waals surface area contributed by atoms with Gasteiger partial charge in [0.1, 0.15) is 6.04 Å². The lowest BCUT2D eigenvalue weighted by atomic mass is 10.2. The summed E-state index contributed by atoms with van der Waals surface area (Å²) in [5, 5.41) is 11.7. The minimum atomic E-state index is -1.01. The van der Waals surface area contributed by atoms with Crippen molar-refractivity contribution in [3.05, 3.63) is 0 Å². The van der Waals surface area contributed by atoms with Crippen LogP contribution < -0.4 is 5.32 Å². The molecule has 0 aromatic heterocycles. The van der Waals surface area contributed by atoms with Crippen LogP contribution in [0.3, 0.4) is 0 Å². The second-order valence-electron chi connectivity index (χ2n) is 4.25. The van der Waals surface area contributed by atoms with Crippen LogP contribution in [0.15, 0.2) is 0 Å². The number of carbonyl (C=O) groups is 2. The number of nitrogens with one attached hydrogen (secondary N) is 1. The second-order valence-corrected chi connectivity index (χ2v) is 4.63. The maximum absolute atomic E-state index is 11.8. The average molecular weight is 259 g/mol. The van der Waals surface area contributed by atoms with Gasteiger partial charge in [-0.3, -0.25) is 14.5 Å². The van der Waals surface area contributed by atoms with Gasteiger partial charge in [0.05, 0.1) is 6.42 Å². The number of nitrogens with zero attached hydrogens (tertiary/aromatic N) is 2. The highest BCUT2D eigenvalue weighted by Gasteiger charge is 2.36. The molecule has 0 aromatic carbocycles. The lowest BCUT2D eigenvalue weighted by Crippen LogP contribution is -2.34. The van der Waals surface area contributed by atoms with Gasteiger partial charge in [0.25, 0.3) is 5.91 Å². The van der Waals surface area contributed by atoms with E-state index >= 15 is 0 Å². The molecular weight excluding hydrogens is 242 g/mol. The Morgan fingerprint density at radius 2 is 2.24 bits per heavy atom. The summed E-state index contributed by atoms with van der Waals surface area (Å²) in [4.78, 5) is 25.9. The fourth-order valence-electron chi connectivity index (χ4n) is 1.65. The van der Waals surface area contributed by atoms with Crippen LogP contribution in [0.2, 0.25) is 0 Å². The van der Waals surface area contributed by atoms with Crippen LogP contribution in [-0.2, 0) is 9.59 Å². The van der Waals surface area contributed by atoms with Crippen LogP contribution in [0.5, 0.6) is 0 Å². The van der Waals surface area contributed by atoms with E-state index in [-0.39, 0.29) is 12.3 Å². The molecule has 7 heteroatoms. The van der Waals surface area contributed by atoms with E-state index in [9.17, 15) is 9.59 Å². The van der Waals surface area contributed by atoms with Crippen molar-refractivity contribution in [1.29, 1.82) is 0 Å². The van der Waals surface area contributed by atoms with Gasteiger partial charge >= 0.3 is 5.97 Å². The summed E-state index contributed by atoms with van der Waals surface area (Å²) in [7, 11) is 3.91. The molecule has 96 valence electrons. The van der Waals surface area contributed by atoms with Gasteiger partial charge in [-0.15, -0.1) is 0 Å². The molecule has 1 fully saturated rings. The number of thiocarbonyl (C=S) groups is 1. The summed E-state index contributed by atoms with van der Waals surface area (Å²) in [6.07, 6.45) is 0.573. The van der Waals surface area contributed by atoms with Gasteiger partial charge in [-0.1, -0.05) is 0 Å². The zero-order chi connectivity index (χ0) is 13.0. The Morgan fingerprint density at radius 3 is 2.76 bits per heavy atom. The molecule has 1 saturated heterocycles. The molecule has 1 rings (SSSR count). The molecule has 1 atom stereocenters. The Bertz CT molecular complexity index is 333. The first kappa shape index (κ1) is 13.9. The van der Waals surface area contributed by atoms with Crippen LogP contribution in [0, 0.1) is 0 Å². The Labute approximate surface area is 106 Å². The third-order valence-electron chi connectivity index (χ3n) is 2.47. The van der Waals surface area contributed by atoms with Gasteiger partial charge in [-0.25, -0.2) is 0 Å². The van der Waals surface area contributed by atoms with Crippen molar-refractivity contribution in [2.45, 2.75) is 18.9 Å². The maximum Gasteiger partial charge on any atom is 0.305 e. The van der Waals surface area contributed by atoms with Gasteiger partial charge < -0.3 is 15.3 Å². The molecule has 0 radical (unpaired) electrons. The van der Waals surface area contributed by atoms with E-state index in [2.05, 4.69) is 5.32 Å². The zero-order valence-electron chi connectivity index (χ0n) is 9.97. The molecule has 0 saturated carbocycles.